The van der Waals surface area contributed by atoms with Crippen molar-refractivity contribution in [3.05, 3.63) is 60.8 Å². The summed E-state index contributed by atoms with van der Waals surface area (Å²) in [7, 11) is 3.21. The smallest absolute Gasteiger partial charge is 0.161 e. The van der Waals surface area contributed by atoms with Gasteiger partial charge in [0.05, 0.1) is 26.1 Å². The molecule has 0 saturated heterocycles. The molecule has 0 bridgehead atoms. The average Bonchev–Trinajstić information content (AvgIpc) is 3.09. The monoisotopic (exact) mass is 362 g/mol. The molecule has 4 rings (SSSR count). The van der Waals surface area contributed by atoms with Gasteiger partial charge in [0.1, 0.15) is 5.75 Å². The average molecular weight is 362 g/mol. The van der Waals surface area contributed by atoms with Crippen LogP contribution in [-0.2, 0) is 0 Å². The van der Waals surface area contributed by atoms with Crippen LogP contribution in [0.4, 0.5) is 11.5 Å². The zero-order valence-corrected chi connectivity index (χ0v) is 14.9. The van der Waals surface area contributed by atoms with Gasteiger partial charge in [0.2, 0.25) is 0 Å². The molecule has 0 radical (unpaired) electrons. The lowest BCUT2D eigenvalue weighted by molar-refractivity contribution is 0.355. The van der Waals surface area contributed by atoms with Crippen molar-refractivity contribution < 1.29 is 14.6 Å². The van der Waals surface area contributed by atoms with Gasteiger partial charge in [-0.15, -0.1) is 0 Å². The number of rotatable bonds is 5. The van der Waals surface area contributed by atoms with Gasteiger partial charge in [-0.05, 0) is 42.5 Å². The van der Waals surface area contributed by atoms with Gasteiger partial charge in [0.15, 0.2) is 23.0 Å². The van der Waals surface area contributed by atoms with Crippen molar-refractivity contribution in [2.24, 2.45) is 0 Å². The minimum Gasteiger partial charge on any atom is -0.508 e. The number of nitrogens with zero attached hydrogens (tertiary/aromatic N) is 3. The molecule has 136 valence electrons. The molecule has 0 saturated carbocycles. The van der Waals surface area contributed by atoms with Gasteiger partial charge in [-0.1, -0.05) is 6.07 Å². The summed E-state index contributed by atoms with van der Waals surface area (Å²) in [4.78, 5) is 4.36. The van der Waals surface area contributed by atoms with E-state index < -0.39 is 0 Å². The van der Waals surface area contributed by atoms with Crippen molar-refractivity contribution in [1.82, 2.24) is 14.6 Å². The van der Waals surface area contributed by atoms with Crippen LogP contribution in [-0.4, -0.2) is 33.9 Å². The standard InChI is InChI=1S/C20H18N4O3/c1-26-17-8-6-13(10-18(17)27-2)16-7-9-19-21-12-20(24(19)23-16)22-14-4-3-5-15(25)11-14/h3-12,22,25H,1-2H3. The van der Waals surface area contributed by atoms with E-state index in [-0.39, 0.29) is 5.75 Å². The van der Waals surface area contributed by atoms with E-state index in [1.165, 1.54) is 0 Å². The highest BCUT2D eigenvalue weighted by Gasteiger charge is 2.10. The Morgan fingerprint density at radius 1 is 0.963 bits per heavy atom. The van der Waals surface area contributed by atoms with Crippen LogP contribution in [0.1, 0.15) is 0 Å². The molecule has 27 heavy (non-hydrogen) atoms. The van der Waals surface area contributed by atoms with Crippen molar-refractivity contribution in [2.45, 2.75) is 0 Å². The highest BCUT2D eigenvalue weighted by Crippen LogP contribution is 2.32. The maximum Gasteiger partial charge on any atom is 0.161 e. The number of benzene rings is 2. The van der Waals surface area contributed by atoms with Crippen molar-refractivity contribution in [3.8, 4) is 28.5 Å². The largest absolute Gasteiger partial charge is 0.508 e. The summed E-state index contributed by atoms with van der Waals surface area (Å²) in [5, 5.41) is 17.5. The molecule has 2 aromatic carbocycles. The summed E-state index contributed by atoms with van der Waals surface area (Å²) < 4.78 is 12.4. The number of nitrogens with one attached hydrogen (secondary N) is 1. The number of methoxy groups -OCH3 is 2. The van der Waals surface area contributed by atoms with Crippen LogP contribution in [0.15, 0.2) is 60.8 Å². The lowest BCUT2D eigenvalue weighted by Gasteiger charge is -2.10. The molecule has 0 aliphatic carbocycles. The zero-order chi connectivity index (χ0) is 18.8. The molecule has 2 aromatic heterocycles. The maximum absolute atomic E-state index is 9.64. The maximum atomic E-state index is 9.64. The summed E-state index contributed by atoms with van der Waals surface area (Å²) in [6.07, 6.45) is 1.70. The van der Waals surface area contributed by atoms with Gasteiger partial charge in [-0.3, -0.25) is 0 Å². The van der Waals surface area contributed by atoms with Crippen molar-refractivity contribution in [1.29, 1.82) is 0 Å². The van der Waals surface area contributed by atoms with Crippen LogP contribution in [0.2, 0.25) is 0 Å². The molecule has 0 unspecified atom stereocenters. The molecule has 7 heteroatoms. The van der Waals surface area contributed by atoms with E-state index in [1.807, 2.05) is 36.4 Å². The van der Waals surface area contributed by atoms with Crippen LogP contribution in [0.3, 0.4) is 0 Å². The fourth-order valence-corrected chi connectivity index (χ4v) is 2.84. The molecule has 0 atom stereocenters. The minimum absolute atomic E-state index is 0.188. The Morgan fingerprint density at radius 2 is 1.81 bits per heavy atom. The van der Waals surface area contributed by atoms with Gasteiger partial charge in [-0.25, -0.2) is 4.98 Å². The summed E-state index contributed by atoms with van der Waals surface area (Å²) in [5.74, 6) is 2.18. The van der Waals surface area contributed by atoms with Crippen LogP contribution in [0.5, 0.6) is 17.2 Å². The van der Waals surface area contributed by atoms with E-state index in [2.05, 4.69) is 15.4 Å². The number of fused-ring (bicyclic) bond motifs is 1. The SMILES string of the molecule is COc1ccc(-c2ccc3ncc(Nc4cccc(O)c4)n3n2)cc1OC. The summed E-state index contributed by atoms with van der Waals surface area (Å²) in [6.45, 7) is 0. The first-order valence-electron chi connectivity index (χ1n) is 8.31. The van der Waals surface area contributed by atoms with E-state index in [4.69, 9.17) is 9.47 Å². The Labute approximate surface area is 155 Å². The molecule has 2 heterocycles. The summed E-state index contributed by atoms with van der Waals surface area (Å²) >= 11 is 0. The molecule has 0 spiro atoms. The topological polar surface area (TPSA) is 80.9 Å². The normalized spacial score (nSPS) is 10.7. The number of anilines is 2. The van der Waals surface area contributed by atoms with Crippen molar-refractivity contribution >= 4 is 17.2 Å². The van der Waals surface area contributed by atoms with Crippen molar-refractivity contribution in [2.75, 3.05) is 19.5 Å². The third-order valence-electron chi connectivity index (χ3n) is 4.16. The van der Waals surface area contributed by atoms with E-state index >= 15 is 0 Å². The highest BCUT2D eigenvalue weighted by molar-refractivity contribution is 5.66. The predicted molar refractivity (Wildman–Crippen MR) is 103 cm³/mol. The zero-order valence-electron chi connectivity index (χ0n) is 14.9. The molecule has 2 N–H and O–H groups in total. The summed E-state index contributed by atoms with van der Waals surface area (Å²) in [6, 6.07) is 16.3. The second-order valence-electron chi connectivity index (χ2n) is 5.88. The van der Waals surface area contributed by atoms with Crippen LogP contribution in [0, 0.1) is 0 Å². The second kappa shape index (κ2) is 6.87. The Morgan fingerprint density at radius 3 is 2.59 bits per heavy atom. The molecule has 7 nitrogen and oxygen atoms in total. The number of ether oxygens (including phenoxy) is 2. The first kappa shape index (κ1) is 16.7. The lowest BCUT2D eigenvalue weighted by atomic mass is 10.1. The molecule has 0 amide bonds. The molecule has 4 aromatic rings. The summed E-state index contributed by atoms with van der Waals surface area (Å²) in [5.41, 5.74) is 3.11. The molecule has 0 fully saturated rings. The number of hydrogen-bond donors (Lipinski definition) is 2. The lowest BCUT2D eigenvalue weighted by Crippen LogP contribution is -2.00. The number of phenolic OH excluding ortho intramolecular Hbond substituents is 1. The van der Waals surface area contributed by atoms with E-state index in [0.29, 0.717) is 23.0 Å². The van der Waals surface area contributed by atoms with Crippen LogP contribution in [0.25, 0.3) is 16.9 Å². The number of hydrogen-bond acceptors (Lipinski definition) is 6. The van der Waals surface area contributed by atoms with Gasteiger partial charge < -0.3 is 19.9 Å². The Balaban J connectivity index is 1.74. The third kappa shape index (κ3) is 3.22. The Kier molecular flexibility index (Phi) is 4.25. The first-order chi connectivity index (χ1) is 13.2. The van der Waals surface area contributed by atoms with Gasteiger partial charge in [0, 0.05) is 17.3 Å². The number of aromatic nitrogens is 3. The number of phenols is 1. The molecule has 0 aliphatic heterocycles. The Hall–Kier alpha value is -3.74. The second-order valence-corrected chi connectivity index (χ2v) is 5.88. The van der Waals surface area contributed by atoms with Gasteiger partial charge >= 0.3 is 0 Å². The quantitative estimate of drug-likeness (QED) is 0.561. The fourth-order valence-electron chi connectivity index (χ4n) is 2.84. The van der Waals surface area contributed by atoms with Gasteiger partial charge in [-0.2, -0.15) is 9.61 Å². The molecule has 0 aliphatic rings. The minimum atomic E-state index is 0.188. The molecular weight excluding hydrogens is 344 g/mol. The highest BCUT2D eigenvalue weighted by atomic mass is 16.5. The van der Waals surface area contributed by atoms with E-state index in [0.717, 1.165) is 16.9 Å². The van der Waals surface area contributed by atoms with Crippen LogP contribution < -0.4 is 14.8 Å². The number of aromatic hydroxyl groups is 1. The fraction of sp³-hybridized carbons (Fsp3) is 0.100. The predicted octanol–water partition coefficient (Wildman–Crippen LogP) is 3.86. The van der Waals surface area contributed by atoms with E-state index in [9.17, 15) is 5.11 Å². The Bertz CT molecular complexity index is 1110. The van der Waals surface area contributed by atoms with Crippen LogP contribution >= 0.6 is 0 Å². The van der Waals surface area contributed by atoms with Gasteiger partial charge in [0.25, 0.3) is 0 Å². The van der Waals surface area contributed by atoms with Crippen molar-refractivity contribution in [3.63, 3.8) is 0 Å². The number of imidazole rings is 1. The van der Waals surface area contributed by atoms with E-state index in [1.54, 1.807) is 43.1 Å². The first-order valence-corrected chi connectivity index (χ1v) is 8.31. The molecular formula is C20H18N4O3. The third-order valence-corrected chi connectivity index (χ3v) is 4.16.